The molecule has 1 N–H and O–H groups in total. The number of hydrogen-bond donors (Lipinski definition) is 1. The minimum Gasteiger partial charge on any atom is -0.378 e. The van der Waals surface area contributed by atoms with Gasteiger partial charge in [0.1, 0.15) is 0 Å². The van der Waals surface area contributed by atoms with Crippen molar-refractivity contribution in [3.05, 3.63) is 45.9 Å². The van der Waals surface area contributed by atoms with E-state index in [0.29, 0.717) is 31.5 Å². The minimum atomic E-state index is -0.209. The van der Waals surface area contributed by atoms with Crippen LogP contribution in [0.4, 0.5) is 0 Å². The van der Waals surface area contributed by atoms with E-state index >= 15 is 0 Å². The molecule has 0 radical (unpaired) electrons. The van der Waals surface area contributed by atoms with E-state index in [9.17, 15) is 9.59 Å². The van der Waals surface area contributed by atoms with Gasteiger partial charge >= 0.3 is 5.69 Å². The number of ether oxygens (including phenoxy) is 1. The van der Waals surface area contributed by atoms with E-state index in [0.717, 1.165) is 12.8 Å². The molecule has 1 amide bonds. The molecule has 132 valence electrons. The molecule has 1 aliphatic carbocycles. The Morgan fingerprint density at radius 3 is 2.60 bits per heavy atom. The van der Waals surface area contributed by atoms with Gasteiger partial charge in [0.15, 0.2) is 5.16 Å². The Morgan fingerprint density at radius 2 is 1.92 bits per heavy atom. The van der Waals surface area contributed by atoms with E-state index in [1.165, 1.54) is 22.9 Å². The summed E-state index contributed by atoms with van der Waals surface area (Å²) in [6, 6.07) is 8.32. The van der Waals surface area contributed by atoms with Crippen LogP contribution in [-0.2, 0) is 22.4 Å². The quantitative estimate of drug-likeness (QED) is 0.818. The average molecular weight is 360 g/mol. The zero-order chi connectivity index (χ0) is 17.2. The third kappa shape index (κ3) is 3.36. The second-order valence-electron chi connectivity index (χ2n) is 6.29. The van der Waals surface area contributed by atoms with Crippen molar-refractivity contribution >= 4 is 17.7 Å². The fourth-order valence-electron chi connectivity index (χ4n) is 3.46. The van der Waals surface area contributed by atoms with Crippen molar-refractivity contribution in [3.8, 4) is 0 Å². The molecule has 8 heteroatoms. The lowest BCUT2D eigenvalue weighted by Crippen LogP contribution is -2.41. The Kier molecular flexibility index (Phi) is 4.63. The monoisotopic (exact) mass is 360 g/mol. The summed E-state index contributed by atoms with van der Waals surface area (Å²) in [6.45, 7) is 2.43. The number of rotatable bonds is 4. The smallest absolute Gasteiger partial charge is 0.344 e. The van der Waals surface area contributed by atoms with Crippen LogP contribution in [0.25, 0.3) is 0 Å². The molecule has 1 aromatic carbocycles. The highest BCUT2D eigenvalue weighted by Crippen LogP contribution is 2.31. The number of aromatic amines is 1. The van der Waals surface area contributed by atoms with E-state index in [1.807, 2.05) is 12.1 Å². The van der Waals surface area contributed by atoms with Gasteiger partial charge in [-0.25, -0.2) is 9.89 Å². The molecule has 7 nitrogen and oxygen atoms in total. The number of nitrogens with zero attached hydrogens (tertiary/aromatic N) is 3. The van der Waals surface area contributed by atoms with Crippen LogP contribution in [0.3, 0.4) is 0 Å². The zero-order valence-electron chi connectivity index (χ0n) is 13.8. The van der Waals surface area contributed by atoms with Crippen molar-refractivity contribution in [1.29, 1.82) is 0 Å². The number of hydrogen-bond acceptors (Lipinski definition) is 5. The molecule has 2 aliphatic rings. The largest absolute Gasteiger partial charge is 0.378 e. The average Bonchev–Trinajstić information content (AvgIpc) is 3.23. The SMILES string of the molecule is O=C(CSc1n[nH]c(=O)n1C1Cc2ccccc2C1)N1CCOCC1. The lowest BCUT2D eigenvalue weighted by atomic mass is 10.1. The number of carbonyl (C=O) groups is 1. The van der Waals surface area contributed by atoms with Gasteiger partial charge in [-0.1, -0.05) is 36.0 Å². The molecule has 4 rings (SSSR count). The van der Waals surface area contributed by atoms with Crippen LogP contribution in [0, 0.1) is 0 Å². The van der Waals surface area contributed by atoms with Crippen molar-refractivity contribution in [2.75, 3.05) is 32.1 Å². The third-order valence-corrected chi connectivity index (χ3v) is 5.69. The molecule has 0 bridgehead atoms. The molecule has 0 atom stereocenters. The molecule has 1 aromatic heterocycles. The van der Waals surface area contributed by atoms with Crippen LogP contribution < -0.4 is 5.69 Å². The summed E-state index contributed by atoms with van der Waals surface area (Å²) in [7, 11) is 0. The zero-order valence-corrected chi connectivity index (χ0v) is 14.6. The van der Waals surface area contributed by atoms with Gasteiger partial charge in [0.25, 0.3) is 0 Å². The van der Waals surface area contributed by atoms with Crippen molar-refractivity contribution in [3.63, 3.8) is 0 Å². The highest BCUT2D eigenvalue weighted by Gasteiger charge is 2.27. The summed E-state index contributed by atoms with van der Waals surface area (Å²) in [4.78, 5) is 26.4. The molecule has 1 aliphatic heterocycles. The fraction of sp³-hybridized carbons (Fsp3) is 0.471. The van der Waals surface area contributed by atoms with Crippen molar-refractivity contribution < 1.29 is 9.53 Å². The molecule has 1 saturated heterocycles. The maximum Gasteiger partial charge on any atom is 0.344 e. The van der Waals surface area contributed by atoms with Crippen LogP contribution in [0.5, 0.6) is 0 Å². The maximum absolute atomic E-state index is 12.3. The number of H-pyrrole nitrogens is 1. The van der Waals surface area contributed by atoms with Gasteiger partial charge in [0.05, 0.1) is 19.0 Å². The third-order valence-electron chi connectivity index (χ3n) is 4.76. The summed E-state index contributed by atoms with van der Waals surface area (Å²) in [5.41, 5.74) is 2.35. The van der Waals surface area contributed by atoms with Gasteiger partial charge < -0.3 is 9.64 Å². The number of fused-ring (bicyclic) bond motifs is 1. The molecule has 25 heavy (non-hydrogen) atoms. The molecular formula is C17H20N4O3S. The number of carbonyl (C=O) groups excluding carboxylic acids is 1. The summed E-state index contributed by atoms with van der Waals surface area (Å²) in [5, 5.41) is 7.26. The number of amides is 1. The van der Waals surface area contributed by atoms with Gasteiger partial charge in [-0.3, -0.25) is 9.36 Å². The number of aromatic nitrogens is 3. The van der Waals surface area contributed by atoms with Crippen LogP contribution >= 0.6 is 11.8 Å². The summed E-state index contributed by atoms with van der Waals surface area (Å²) in [5.74, 6) is 0.342. The van der Waals surface area contributed by atoms with Crippen molar-refractivity contribution in [2.24, 2.45) is 0 Å². The number of benzene rings is 1. The second kappa shape index (κ2) is 7.05. The van der Waals surface area contributed by atoms with Gasteiger partial charge in [-0.05, 0) is 24.0 Å². The van der Waals surface area contributed by atoms with Gasteiger partial charge in [-0.2, -0.15) is 0 Å². The highest BCUT2D eigenvalue weighted by atomic mass is 32.2. The number of morpholine rings is 1. The lowest BCUT2D eigenvalue weighted by molar-refractivity contribution is -0.132. The van der Waals surface area contributed by atoms with Gasteiger partial charge in [0, 0.05) is 19.1 Å². The first-order valence-corrected chi connectivity index (χ1v) is 9.43. The first-order chi connectivity index (χ1) is 12.2. The van der Waals surface area contributed by atoms with E-state index in [2.05, 4.69) is 22.3 Å². The summed E-state index contributed by atoms with van der Waals surface area (Å²) < 4.78 is 6.98. The van der Waals surface area contributed by atoms with Crippen molar-refractivity contribution in [1.82, 2.24) is 19.7 Å². The molecule has 0 unspecified atom stereocenters. The van der Waals surface area contributed by atoms with Crippen LogP contribution in [0.1, 0.15) is 17.2 Å². The van der Waals surface area contributed by atoms with Crippen LogP contribution in [-0.4, -0.2) is 57.6 Å². The van der Waals surface area contributed by atoms with E-state index in [-0.39, 0.29) is 23.4 Å². The van der Waals surface area contributed by atoms with E-state index in [1.54, 1.807) is 9.47 Å². The Bertz CT molecular complexity index is 800. The fourth-order valence-corrected chi connectivity index (χ4v) is 4.38. The Balaban J connectivity index is 1.45. The molecule has 1 fully saturated rings. The van der Waals surface area contributed by atoms with Crippen LogP contribution in [0.2, 0.25) is 0 Å². The molecule has 2 aromatic rings. The van der Waals surface area contributed by atoms with E-state index < -0.39 is 0 Å². The minimum absolute atomic E-state index is 0.0599. The predicted octanol–water partition coefficient (Wildman–Crippen LogP) is 0.862. The first kappa shape index (κ1) is 16.4. The van der Waals surface area contributed by atoms with Gasteiger partial charge in [-0.15, -0.1) is 5.10 Å². The van der Waals surface area contributed by atoms with Crippen LogP contribution in [0.15, 0.2) is 34.2 Å². The topological polar surface area (TPSA) is 80.2 Å². The molecule has 0 saturated carbocycles. The second-order valence-corrected chi connectivity index (χ2v) is 7.24. The Hall–Kier alpha value is -2.06. The summed E-state index contributed by atoms with van der Waals surface area (Å²) in [6.07, 6.45) is 1.64. The standard InChI is InChI=1S/C17H20N4O3S/c22-15(20-5-7-24-8-6-20)11-25-17-19-18-16(23)21(17)14-9-12-3-1-2-4-13(12)10-14/h1-4,14H,5-11H2,(H,18,23). The molecule has 2 heterocycles. The molecule has 0 spiro atoms. The first-order valence-electron chi connectivity index (χ1n) is 8.44. The van der Waals surface area contributed by atoms with Crippen molar-refractivity contribution in [2.45, 2.75) is 24.0 Å². The Labute approximate surface area is 149 Å². The van der Waals surface area contributed by atoms with Gasteiger partial charge in [0.2, 0.25) is 5.91 Å². The summed E-state index contributed by atoms with van der Waals surface area (Å²) >= 11 is 1.32. The number of thioether (sulfide) groups is 1. The highest BCUT2D eigenvalue weighted by molar-refractivity contribution is 7.99. The van der Waals surface area contributed by atoms with E-state index in [4.69, 9.17) is 4.74 Å². The predicted molar refractivity (Wildman–Crippen MR) is 93.9 cm³/mol. The Morgan fingerprint density at radius 1 is 1.24 bits per heavy atom. The number of nitrogens with one attached hydrogen (secondary N) is 1. The maximum atomic E-state index is 12.3. The lowest BCUT2D eigenvalue weighted by Gasteiger charge is -2.26. The normalized spacial score (nSPS) is 17.7. The molecular weight excluding hydrogens is 340 g/mol.